The van der Waals surface area contributed by atoms with Crippen molar-refractivity contribution in [1.29, 1.82) is 0 Å². The first-order valence-corrected chi connectivity index (χ1v) is 11.8. The Balaban J connectivity index is 1.37. The molecular formula is C24H35FN4O5. The van der Waals surface area contributed by atoms with E-state index in [1.54, 1.807) is 12.1 Å². The Kier molecular flexibility index (Phi) is 8.84. The Morgan fingerprint density at radius 2 is 2.12 bits per heavy atom. The molecule has 1 amide bonds. The van der Waals surface area contributed by atoms with Gasteiger partial charge in [-0.05, 0) is 81.3 Å². The van der Waals surface area contributed by atoms with Crippen LogP contribution in [-0.2, 0) is 5.67 Å². The molecule has 1 aromatic heterocycles. The van der Waals surface area contributed by atoms with E-state index in [4.69, 9.17) is 14.4 Å². The van der Waals surface area contributed by atoms with E-state index in [1.807, 2.05) is 17.9 Å². The lowest BCUT2D eigenvalue weighted by atomic mass is 9.92. The Morgan fingerprint density at radius 1 is 1.38 bits per heavy atom. The quantitative estimate of drug-likeness (QED) is 0.422. The van der Waals surface area contributed by atoms with Crippen LogP contribution in [0.1, 0.15) is 61.3 Å². The number of anilines is 1. The van der Waals surface area contributed by atoms with Gasteiger partial charge in [0.1, 0.15) is 5.75 Å². The number of hydrogen-bond acceptors (Lipinski definition) is 8. The van der Waals surface area contributed by atoms with E-state index in [0.717, 1.165) is 44.3 Å². The highest BCUT2D eigenvalue weighted by Gasteiger charge is 2.29. The molecule has 2 aromatic rings. The second kappa shape index (κ2) is 11.6. The van der Waals surface area contributed by atoms with E-state index in [-0.39, 0.29) is 18.3 Å². The van der Waals surface area contributed by atoms with Crippen molar-refractivity contribution in [1.82, 2.24) is 15.5 Å². The zero-order valence-corrected chi connectivity index (χ0v) is 20.1. The van der Waals surface area contributed by atoms with Gasteiger partial charge in [-0.2, -0.15) is 4.98 Å². The smallest absolute Gasteiger partial charge is 0.266 e. The summed E-state index contributed by atoms with van der Waals surface area (Å²) in [6, 6.07) is 5.29. The number of carbonyl (C=O) groups is 1. The predicted molar refractivity (Wildman–Crippen MR) is 125 cm³/mol. The predicted octanol–water partition coefficient (Wildman–Crippen LogP) is 2.74. The zero-order chi connectivity index (χ0) is 24.7. The van der Waals surface area contributed by atoms with Crippen molar-refractivity contribution in [3.63, 3.8) is 0 Å². The molecule has 1 aliphatic heterocycles. The number of halogens is 1. The minimum absolute atomic E-state index is 0.00209. The number of aromatic nitrogens is 2. The summed E-state index contributed by atoms with van der Waals surface area (Å²) >= 11 is 0. The van der Waals surface area contributed by atoms with Crippen LogP contribution in [0, 0.1) is 12.8 Å². The molecule has 2 heterocycles. The number of amides is 1. The fourth-order valence-corrected chi connectivity index (χ4v) is 3.92. The molecule has 0 radical (unpaired) electrons. The Labute approximate surface area is 199 Å². The summed E-state index contributed by atoms with van der Waals surface area (Å²) in [7, 11) is 0. The molecule has 1 aliphatic rings. The molecule has 3 N–H and O–H groups in total. The van der Waals surface area contributed by atoms with Crippen molar-refractivity contribution in [3.8, 4) is 5.75 Å². The van der Waals surface area contributed by atoms with Crippen LogP contribution >= 0.6 is 0 Å². The van der Waals surface area contributed by atoms with Crippen molar-refractivity contribution in [2.45, 2.75) is 58.2 Å². The monoisotopic (exact) mass is 478 g/mol. The lowest BCUT2D eigenvalue weighted by Gasteiger charge is -2.30. The summed E-state index contributed by atoms with van der Waals surface area (Å²) in [6.45, 7) is 6.45. The lowest BCUT2D eigenvalue weighted by molar-refractivity contribution is 0.0801. The van der Waals surface area contributed by atoms with Crippen molar-refractivity contribution < 1.29 is 28.7 Å². The first-order chi connectivity index (χ1) is 16.2. The van der Waals surface area contributed by atoms with Gasteiger partial charge in [-0.25, -0.2) is 4.39 Å². The number of aliphatic hydroxyl groups excluding tert-OH is 2. The first-order valence-electron chi connectivity index (χ1n) is 11.8. The molecule has 1 unspecified atom stereocenters. The van der Waals surface area contributed by atoms with Crippen molar-refractivity contribution in [2.24, 2.45) is 5.92 Å². The minimum Gasteiger partial charge on any atom is -0.494 e. The highest BCUT2D eigenvalue weighted by Crippen LogP contribution is 2.28. The van der Waals surface area contributed by atoms with Gasteiger partial charge in [0.25, 0.3) is 17.7 Å². The molecule has 1 saturated heterocycles. The Morgan fingerprint density at radius 3 is 2.74 bits per heavy atom. The van der Waals surface area contributed by atoms with Crippen LogP contribution < -0.4 is 15.0 Å². The summed E-state index contributed by atoms with van der Waals surface area (Å²) in [4.78, 5) is 18.4. The van der Waals surface area contributed by atoms with Gasteiger partial charge in [0.15, 0.2) is 5.67 Å². The number of hydrogen-bond donors (Lipinski definition) is 3. The van der Waals surface area contributed by atoms with Gasteiger partial charge >= 0.3 is 0 Å². The van der Waals surface area contributed by atoms with Crippen LogP contribution in [0.25, 0.3) is 0 Å². The average Bonchev–Trinajstić information content (AvgIpc) is 3.31. The highest BCUT2D eigenvalue weighted by atomic mass is 19.1. The van der Waals surface area contributed by atoms with E-state index in [0.29, 0.717) is 29.8 Å². The standard InChI is InChI=1S/C24H35FN4O5/c1-16-13-19(6-7-20(16)21(32)26-14-18(31)15-30)33-12-4-5-17-8-10-29(11-9-17)23-27-22(34-28-23)24(2,3)25/h6-7,13,17-18,30-31H,4-5,8-12,14-15H2,1-3H3,(H,26,32). The minimum atomic E-state index is -1.64. The average molecular weight is 479 g/mol. The van der Waals surface area contributed by atoms with Crippen LogP contribution in [0.5, 0.6) is 5.75 Å². The molecule has 0 saturated carbocycles. The van der Waals surface area contributed by atoms with Gasteiger partial charge < -0.3 is 29.7 Å². The SMILES string of the molecule is Cc1cc(OCCCC2CCN(c3noc(C(C)(C)F)n3)CC2)ccc1C(=O)NCC(O)CO. The molecule has 0 aliphatic carbocycles. The zero-order valence-electron chi connectivity index (χ0n) is 20.1. The van der Waals surface area contributed by atoms with Crippen molar-refractivity contribution >= 4 is 11.9 Å². The van der Waals surface area contributed by atoms with E-state index in [9.17, 15) is 14.3 Å². The number of nitrogens with zero attached hydrogens (tertiary/aromatic N) is 3. The Hall–Kier alpha value is -2.72. The molecule has 1 atom stereocenters. The third-order valence-electron chi connectivity index (χ3n) is 6.00. The molecule has 1 fully saturated rings. The first kappa shape index (κ1) is 25.9. The van der Waals surface area contributed by atoms with Gasteiger partial charge in [0.2, 0.25) is 0 Å². The maximum atomic E-state index is 13.9. The fraction of sp³-hybridized carbons (Fsp3) is 0.625. The normalized spacial score (nSPS) is 15.9. The van der Waals surface area contributed by atoms with E-state index < -0.39 is 18.4 Å². The van der Waals surface area contributed by atoms with Crippen LogP contribution in [0.3, 0.4) is 0 Å². The second-order valence-corrected chi connectivity index (χ2v) is 9.32. The molecule has 9 nitrogen and oxygen atoms in total. The van der Waals surface area contributed by atoms with Crippen LogP contribution in [0.4, 0.5) is 10.3 Å². The van der Waals surface area contributed by atoms with E-state index >= 15 is 0 Å². The molecule has 3 rings (SSSR count). The molecular weight excluding hydrogens is 443 g/mol. The molecule has 0 spiro atoms. The van der Waals surface area contributed by atoms with Crippen LogP contribution in [0.15, 0.2) is 22.7 Å². The van der Waals surface area contributed by atoms with Crippen LogP contribution in [0.2, 0.25) is 0 Å². The van der Waals surface area contributed by atoms with Gasteiger partial charge in [-0.15, -0.1) is 0 Å². The number of benzene rings is 1. The highest BCUT2D eigenvalue weighted by molar-refractivity contribution is 5.95. The van der Waals surface area contributed by atoms with Gasteiger partial charge in [0, 0.05) is 25.2 Å². The van der Waals surface area contributed by atoms with Gasteiger partial charge in [-0.1, -0.05) is 0 Å². The van der Waals surface area contributed by atoms with E-state index in [2.05, 4.69) is 15.5 Å². The number of alkyl halides is 1. The van der Waals surface area contributed by atoms with Crippen LogP contribution in [-0.4, -0.2) is 65.2 Å². The van der Waals surface area contributed by atoms with E-state index in [1.165, 1.54) is 13.8 Å². The number of nitrogens with one attached hydrogen (secondary N) is 1. The largest absolute Gasteiger partial charge is 0.494 e. The Bertz CT molecular complexity index is 938. The maximum Gasteiger partial charge on any atom is 0.266 e. The number of rotatable bonds is 11. The summed E-state index contributed by atoms with van der Waals surface area (Å²) in [6.07, 6.45) is 3.02. The maximum absolute atomic E-state index is 13.9. The number of piperidine rings is 1. The summed E-state index contributed by atoms with van der Waals surface area (Å²) in [5.41, 5.74) is -0.353. The number of aryl methyl sites for hydroxylation is 1. The summed E-state index contributed by atoms with van der Waals surface area (Å²) in [5, 5.41) is 24.7. The molecule has 188 valence electrons. The molecule has 1 aromatic carbocycles. The number of ether oxygens (including phenoxy) is 1. The third-order valence-corrected chi connectivity index (χ3v) is 6.00. The fourth-order valence-electron chi connectivity index (χ4n) is 3.92. The third kappa shape index (κ3) is 7.14. The van der Waals surface area contributed by atoms with Gasteiger partial charge in [0.05, 0.1) is 19.3 Å². The van der Waals surface area contributed by atoms with Crippen molar-refractivity contribution in [2.75, 3.05) is 37.7 Å². The molecule has 34 heavy (non-hydrogen) atoms. The summed E-state index contributed by atoms with van der Waals surface area (Å²) in [5.74, 6) is 1.47. The molecule has 0 bridgehead atoms. The lowest BCUT2D eigenvalue weighted by Crippen LogP contribution is -2.34. The summed E-state index contributed by atoms with van der Waals surface area (Å²) < 4.78 is 24.9. The topological polar surface area (TPSA) is 121 Å². The number of carbonyl (C=O) groups excluding carboxylic acids is 1. The molecule has 10 heteroatoms. The van der Waals surface area contributed by atoms with Gasteiger partial charge in [-0.3, -0.25) is 4.79 Å². The van der Waals surface area contributed by atoms with Crippen molar-refractivity contribution in [3.05, 3.63) is 35.2 Å². The number of aliphatic hydroxyl groups is 2. The second-order valence-electron chi connectivity index (χ2n) is 9.32.